The number of pyridine rings is 4. The molecule has 0 spiro atoms. The summed E-state index contributed by atoms with van der Waals surface area (Å²) in [5.74, 6) is -0.560. The van der Waals surface area contributed by atoms with Crippen LogP contribution in [0.2, 0.25) is 0 Å². The summed E-state index contributed by atoms with van der Waals surface area (Å²) in [6.45, 7) is 0. The van der Waals surface area contributed by atoms with E-state index < -0.39 is 11.6 Å². The van der Waals surface area contributed by atoms with E-state index in [9.17, 15) is 8.78 Å². The van der Waals surface area contributed by atoms with E-state index in [0.717, 1.165) is 71.9 Å². The second-order valence-corrected chi connectivity index (χ2v) is 12.9. The number of hydrogen-bond acceptors (Lipinski definition) is 7. The van der Waals surface area contributed by atoms with Crippen molar-refractivity contribution >= 4 is 43.6 Å². The van der Waals surface area contributed by atoms with Gasteiger partial charge in [0.25, 0.3) is 0 Å². The van der Waals surface area contributed by atoms with Gasteiger partial charge in [-0.15, -0.1) is 0 Å². The van der Waals surface area contributed by atoms with Crippen molar-refractivity contribution in [2.45, 2.75) is 0 Å². The van der Waals surface area contributed by atoms with Crippen LogP contribution in [0.1, 0.15) is 0 Å². The zero-order valence-electron chi connectivity index (χ0n) is 28.3. The predicted molar refractivity (Wildman–Crippen MR) is 208 cm³/mol. The van der Waals surface area contributed by atoms with Gasteiger partial charge in [0.05, 0.1) is 22.1 Å². The molecule has 54 heavy (non-hydrogen) atoms. The van der Waals surface area contributed by atoms with Crippen molar-refractivity contribution < 1.29 is 8.78 Å². The lowest BCUT2D eigenvalue weighted by atomic mass is 9.96. The van der Waals surface area contributed by atoms with Gasteiger partial charge < -0.3 is 0 Å². The van der Waals surface area contributed by atoms with Crippen LogP contribution in [0.3, 0.4) is 0 Å². The van der Waals surface area contributed by atoms with E-state index in [1.54, 1.807) is 24.8 Å². The molecule has 0 aliphatic carbocycles. The quantitative estimate of drug-likeness (QED) is 0.165. The lowest BCUT2D eigenvalue weighted by molar-refractivity contribution is 0.584. The smallest absolute Gasteiger partial charge is 0.164 e. The molecule has 0 unspecified atom stereocenters. The molecule has 0 aliphatic heterocycles. The molecule has 5 heterocycles. The van der Waals surface area contributed by atoms with Crippen molar-refractivity contribution in [3.63, 3.8) is 0 Å². The van der Waals surface area contributed by atoms with E-state index in [1.807, 2.05) is 97.1 Å². The minimum Gasteiger partial charge on any atom is -0.254 e. The van der Waals surface area contributed by atoms with Gasteiger partial charge in [-0.2, -0.15) is 0 Å². The Morgan fingerprint density at radius 2 is 0.704 bits per heavy atom. The zero-order valence-corrected chi connectivity index (χ0v) is 28.3. The van der Waals surface area contributed by atoms with Crippen molar-refractivity contribution in [1.29, 1.82) is 0 Å². The number of rotatable bonds is 5. The van der Waals surface area contributed by atoms with Gasteiger partial charge in [0, 0.05) is 69.1 Å². The molecule has 0 amide bonds. The molecule has 254 valence electrons. The number of aromatic nitrogens is 7. The molecule has 5 aromatic carbocycles. The summed E-state index contributed by atoms with van der Waals surface area (Å²) in [5, 5.41) is 3.96. The molecule has 5 aromatic heterocycles. The van der Waals surface area contributed by atoms with Crippen molar-refractivity contribution in [3.05, 3.63) is 164 Å². The Morgan fingerprint density at radius 3 is 1.15 bits per heavy atom. The largest absolute Gasteiger partial charge is 0.254 e. The van der Waals surface area contributed by atoms with Crippen LogP contribution in [-0.2, 0) is 0 Å². The van der Waals surface area contributed by atoms with E-state index in [2.05, 4.69) is 32.1 Å². The van der Waals surface area contributed by atoms with Crippen LogP contribution in [0.25, 0.3) is 100 Å². The van der Waals surface area contributed by atoms with E-state index in [0.29, 0.717) is 22.8 Å². The van der Waals surface area contributed by atoms with Gasteiger partial charge in [-0.1, -0.05) is 72.8 Å². The summed E-state index contributed by atoms with van der Waals surface area (Å²) >= 11 is 0. The summed E-state index contributed by atoms with van der Waals surface area (Å²) in [7, 11) is 0. The van der Waals surface area contributed by atoms with Gasteiger partial charge >= 0.3 is 0 Å². The van der Waals surface area contributed by atoms with Crippen molar-refractivity contribution in [1.82, 2.24) is 34.9 Å². The molecule has 0 fully saturated rings. The Balaban J connectivity index is 1.08. The predicted octanol–water partition coefficient (Wildman–Crippen LogP) is 10.7. The van der Waals surface area contributed by atoms with Crippen LogP contribution in [0, 0.1) is 11.6 Å². The lowest BCUT2D eigenvalue weighted by Gasteiger charge is -2.12. The zero-order chi connectivity index (χ0) is 36.2. The highest BCUT2D eigenvalue weighted by Gasteiger charge is 2.17. The molecule has 9 heteroatoms. The minimum absolute atomic E-state index is 0.153. The Kier molecular flexibility index (Phi) is 7.36. The van der Waals surface area contributed by atoms with Gasteiger partial charge in [0.2, 0.25) is 0 Å². The first-order valence-electron chi connectivity index (χ1n) is 17.2. The summed E-state index contributed by atoms with van der Waals surface area (Å²) in [6.07, 6.45) is 7.10. The van der Waals surface area contributed by atoms with Gasteiger partial charge in [-0.05, 0) is 70.8 Å². The molecule has 0 N–H and O–H groups in total. The van der Waals surface area contributed by atoms with E-state index >= 15 is 0 Å². The second kappa shape index (κ2) is 12.7. The Hall–Kier alpha value is -7.39. The molecule has 0 radical (unpaired) electrons. The molecular formula is C45H25F2N7. The van der Waals surface area contributed by atoms with Crippen LogP contribution < -0.4 is 0 Å². The average molecular weight is 702 g/mol. The Morgan fingerprint density at radius 1 is 0.333 bits per heavy atom. The number of benzene rings is 5. The van der Waals surface area contributed by atoms with Crippen molar-refractivity contribution in [2.75, 3.05) is 0 Å². The summed E-state index contributed by atoms with van der Waals surface area (Å²) in [5.41, 5.74) is 8.98. The number of fused-ring (bicyclic) bond motifs is 6. The maximum Gasteiger partial charge on any atom is 0.164 e. The maximum atomic E-state index is 14.5. The van der Waals surface area contributed by atoms with Gasteiger partial charge in [0.15, 0.2) is 17.5 Å². The number of hydrogen-bond donors (Lipinski definition) is 0. The summed E-state index contributed by atoms with van der Waals surface area (Å²) in [6, 6.07) is 39.1. The third-order valence-electron chi connectivity index (χ3n) is 9.59. The lowest BCUT2D eigenvalue weighted by Crippen LogP contribution is -2.01. The third kappa shape index (κ3) is 5.46. The van der Waals surface area contributed by atoms with Crippen molar-refractivity contribution in [2.24, 2.45) is 0 Å². The molecule has 0 bridgehead atoms. The van der Waals surface area contributed by atoms with Gasteiger partial charge in [0.1, 0.15) is 11.6 Å². The van der Waals surface area contributed by atoms with E-state index in [-0.39, 0.29) is 11.4 Å². The van der Waals surface area contributed by atoms with E-state index in [4.69, 9.17) is 15.0 Å². The standard InChI is InChI=1S/C45H25F2N7/c46-33-21-32(22-34(47)25-33)45-53-43(28-13-9-26(10-14-28)37-23-30-5-1-17-48-39(30)41-35(37)7-3-19-50-41)52-44(54-45)29-15-11-27(12-16-29)38-24-31-6-2-18-49-40(31)42-36(38)8-4-20-51-42/h1-25H. The Bertz CT molecular complexity index is 2880. The molecule has 10 aromatic rings. The molecule has 7 nitrogen and oxygen atoms in total. The molecular weight excluding hydrogens is 677 g/mol. The monoisotopic (exact) mass is 701 g/mol. The first-order valence-corrected chi connectivity index (χ1v) is 17.2. The van der Waals surface area contributed by atoms with Crippen LogP contribution in [0.15, 0.2) is 152 Å². The van der Waals surface area contributed by atoms with Crippen LogP contribution in [0.5, 0.6) is 0 Å². The first kappa shape index (κ1) is 31.4. The highest BCUT2D eigenvalue weighted by Crippen LogP contribution is 2.36. The maximum absolute atomic E-state index is 14.5. The molecule has 0 aliphatic rings. The summed E-state index contributed by atoms with van der Waals surface area (Å²) < 4.78 is 28.9. The molecule has 10 rings (SSSR count). The normalized spacial score (nSPS) is 11.5. The molecule has 0 saturated carbocycles. The van der Waals surface area contributed by atoms with Crippen molar-refractivity contribution in [3.8, 4) is 56.4 Å². The highest BCUT2D eigenvalue weighted by atomic mass is 19.1. The topological polar surface area (TPSA) is 90.2 Å². The van der Waals surface area contributed by atoms with E-state index in [1.165, 1.54) is 12.1 Å². The van der Waals surface area contributed by atoms with Gasteiger partial charge in [-0.3, -0.25) is 19.9 Å². The third-order valence-corrected chi connectivity index (χ3v) is 9.59. The number of nitrogens with zero attached hydrogens (tertiary/aromatic N) is 7. The van der Waals surface area contributed by atoms with Crippen LogP contribution in [-0.4, -0.2) is 34.9 Å². The fourth-order valence-corrected chi connectivity index (χ4v) is 7.07. The highest BCUT2D eigenvalue weighted by molar-refractivity contribution is 6.11. The van der Waals surface area contributed by atoms with Gasteiger partial charge in [-0.25, -0.2) is 23.7 Å². The Labute approximate surface area is 306 Å². The van der Waals surface area contributed by atoms with Crippen LogP contribution >= 0.6 is 0 Å². The fourth-order valence-electron chi connectivity index (χ4n) is 7.07. The fraction of sp³-hybridized carbons (Fsp3) is 0. The number of halogens is 2. The SMILES string of the molecule is Fc1cc(F)cc(-c2nc(-c3ccc(-c4cc5cccnc5c5ncccc45)cc3)nc(-c3ccc(-c4cc5cccnc5c5ncccc45)cc3)n2)c1. The van der Waals surface area contributed by atoms with Crippen LogP contribution in [0.4, 0.5) is 8.78 Å². The first-order chi connectivity index (χ1) is 26.6. The minimum atomic E-state index is -0.721. The second-order valence-electron chi connectivity index (χ2n) is 12.9. The average Bonchev–Trinajstić information content (AvgIpc) is 3.23. The molecule has 0 saturated heterocycles. The summed E-state index contributed by atoms with van der Waals surface area (Å²) in [4.78, 5) is 32.8. The molecule has 0 atom stereocenters.